The van der Waals surface area contributed by atoms with Gasteiger partial charge >= 0.3 is 6.03 Å². The molecule has 1 unspecified atom stereocenters. The molecule has 0 spiro atoms. The largest absolute Gasteiger partial charge is 0.386 e. The Morgan fingerprint density at radius 3 is 2.57 bits per heavy atom. The molecule has 122 valence electrons. The van der Waals surface area contributed by atoms with Crippen LogP contribution in [-0.4, -0.2) is 17.7 Å². The van der Waals surface area contributed by atoms with Gasteiger partial charge in [0.15, 0.2) is 0 Å². The monoisotopic (exact) mass is 340 g/mol. The van der Waals surface area contributed by atoms with Crippen molar-refractivity contribution in [3.8, 4) is 0 Å². The Balaban J connectivity index is 1.98. The summed E-state index contributed by atoms with van der Waals surface area (Å²) >= 11 is 5.95. The zero-order valence-electron chi connectivity index (χ0n) is 12.2. The van der Waals surface area contributed by atoms with Crippen LogP contribution in [0, 0.1) is 18.6 Å². The summed E-state index contributed by atoms with van der Waals surface area (Å²) in [5, 5.41) is 15.0. The van der Waals surface area contributed by atoms with E-state index in [1.165, 1.54) is 6.07 Å². The SMILES string of the molecule is Cc1ccc(Cl)c(NC(=O)NCC(O)c2c(F)cccc2F)c1. The van der Waals surface area contributed by atoms with Gasteiger partial charge in [0.05, 0.1) is 16.3 Å². The molecule has 0 saturated heterocycles. The van der Waals surface area contributed by atoms with Crippen LogP contribution in [0.15, 0.2) is 36.4 Å². The van der Waals surface area contributed by atoms with Crippen molar-refractivity contribution in [2.75, 3.05) is 11.9 Å². The van der Waals surface area contributed by atoms with Crippen molar-refractivity contribution >= 4 is 23.3 Å². The molecule has 23 heavy (non-hydrogen) atoms. The maximum absolute atomic E-state index is 13.5. The molecule has 7 heteroatoms. The van der Waals surface area contributed by atoms with Gasteiger partial charge in [0.1, 0.15) is 17.7 Å². The number of hydrogen-bond donors (Lipinski definition) is 3. The van der Waals surface area contributed by atoms with Crippen molar-refractivity contribution in [2.45, 2.75) is 13.0 Å². The first-order valence-electron chi connectivity index (χ1n) is 6.81. The second kappa shape index (κ2) is 7.39. The van der Waals surface area contributed by atoms with Crippen LogP contribution in [-0.2, 0) is 0 Å². The molecule has 0 aliphatic rings. The van der Waals surface area contributed by atoms with Crippen molar-refractivity contribution in [2.24, 2.45) is 0 Å². The fraction of sp³-hybridized carbons (Fsp3) is 0.188. The number of urea groups is 1. The van der Waals surface area contributed by atoms with E-state index in [1.807, 2.05) is 6.92 Å². The van der Waals surface area contributed by atoms with E-state index in [4.69, 9.17) is 11.6 Å². The summed E-state index contributed by atoms with van der Waals surface area (Å²) in [6.45, 7) is 1.48. The molecule has 0 fully saturated rings. The van der Waals surface area contributed by atoms with Gasteiger partial charge in [0, 0.05) is 6.54 Å². The van der Waals surface area contributed by atoms with Crippen LogP contribution in [0.25, 0.3) is 0 Å². The first-order chi connectivity index (χ1) is 10.9. The van der Waals surface area contributed by atoms with Crippen LogP contribution in [0.4, 0.5) is 19.3 Å². The number of carbonyl (C=O) groups excluding carboxylic acids is 1. The Kier molecular flexibility index (Phi) is 5.52. The van der Waals surface area contributed by atoms with Crippen LogP contribution < -0.4 is 10.6 Å². The lowest BCUT2D eigenvalue weighted by Crippen LogP contribution is -2.33. The van der Waals surface area contributed by atoms with E-state index in [2.05, 4.69) is 10.6 Å². The third-order valence-corrected chi connectivity index (χ3v) is 3.49. The molecule has 3 N–H and O–H groups in total. The smallest absolute Gasteiger partial charge is 0.319 e. The van der Waals surface area contributed by atoms with Gasteiger partial charge in [0.25, 0.3) is 0 Å². The minimum atomic E-state index is -1.50. The van der Waals surface area contributed by atoms with Crippen LogP contribution in [0.2, 0.25) is 5.02 Å². The molecular formula is C16H15ClF2N2O2. The predicted octanol–water partition coefficient (Wildman–Crippen LogP) is 3.78. The molecular weight excluding hydrogens is 326 g/mol. The van der Waals surface area contributed by atoms with E-state index in [0.717, 1.165) is 17.7 Å². The van der Waals surface area contributed by atoms with Gasteiger partial charge in [-0.05, 0) is 36.8 Å². The van der Waals surface area contributed by atoms with E-state index in [1.54, 1.807) is 18.2 Å². The summed E-state index contributed by atoms with van der Waals surface area (Å²) in [5.74, 6) is -1.75. The average Bonchev–Trinajstić information content (AvgIpc) is 2.49. The van der Waals surface area contributed by atoms with E-state index >= 15 is 0 Å². The Morgan fingerprint density at radius 2 is 1.91 bits per heavy atom. The van der Waals surface area contributed by atoms with Gasteiger partial charge in [-0.25, -0.2) is 13.6 Å². The number of aryl methyl sites for hydroxylation is 1. The number of benzene rings is 2. The highest BCUT2D eigenvalue weighted by molar-refractivity contribution is 6.33. The highest BCUT2D eigenvalue weighted by Crippen LogP contribution is 2.23. The number of hydrogen-bond acceptors (Lipinski definition) is 2. The topological polar surface area (TPSA) is 61.4 Å². The summed E-state index contributed by atoms with van der Waals surface area (Å²) in [4.78, 5) is 11.8. The van der Waals surface area contributed by atoms with Crippen molar-refractivity contribution in [3.63, 3.8) is 0 Å². The van der Waals surface area contributed by atoms with Gasteiger partial charge in [-0.1, -0.05) is 23.7 Å². The van der Waals surface area contributed by atoms with Crippen molar-refractivity contribution < 1.29 is 18.7 Å². The standard InChI is InChI=1S/C16H15ClF2N2O2/c1-9-5-6-10(17)13(7-9)21-16(23)20-8-14(22)15-11(18)3-2-4-12(15)19/h2-7,14,22H,8H2,1H3,(H2,20,21,23). The molecule has 0 radical (unpaired) electrons. The van der Waals surface area contributed by atoms with Crippen LogP contribution in [0.5, 0.6) is 0 Å². The van der Waals surface area contributed by atoms with Crippen LogP contribution in [0.3, 0.4) is 0 Å². The van der Waals surface area contributed by atoms with E-state index in [-0.39, 0.29) is 6.54 Å². The number of rotatable bonds is 4. The first-order valence-corrected chi connectivity index (χ1v) is 7.19. The fourth-order valence-electron chi connectivity index (χ4n) is 2.02. The highest BCUT2D eigenvalue weighted by Gasteiger charge is 2.18. The summed E-state index contributed by atoms with van der Waals surface area (Å²) in [6.07, 6.45) is -1.50. The van der Waals surface area contributed by atoms with E-state index < -0.39 is 29.3 Å². The quantitative estimate of drug-likeness (QED) is 0.793. The maximum atomic E-state index is 13.5. The molecule has 0 saturated carbocycles. The second-order valence-electron chi connectivity index (χ2n) is 4.97. The molecule has 0 aliphatic heterocycles. The Morgan fingerprint density at radius 1 is 1.26 bits per heavy atom. The molecule has 2 aromatic carbocycles. The zero-order valence-corrected chi connectivity index (χ0v) is 13.0. The van der Waals surface area contributed by atoms with Crippen molar-refractivity contribution in [1.29, 1.82) is 0 Å². The molecule has 2 aromatic rings. The van der Waals surface area contributed by atoms with Crippen LogP contribution in [0.1, 0.15) is 17.2 Å². The lowest BCUT2D eigenvalue weighted by Gasteiger charge is -2.15. The number of aliphatic hydroxyl groups excluding tert-OH is 1. The number of halogens is 3. The number of amides is 2. The summed E-state index contributed by atoms with van der Waals surface area (Å²) < 4.78 is 27.0. The normalized spacial score (nSPS) is 11.9. The van der Waals surface area contributed by atoms with E-state index in [0.29, 0.717) is 10.7 Å². The minimum Gasteiger partial charge on any atom is -0.386 e. The molecule has 2 amide bonds. The van der Waals surface area contributed by atoms with Gasteiger partial charge in [-0.15, -0.1) is 0 Å². The van der Waals surface area contributed by atoms with Gasteiger partial charge in [0.2, 0.25) is 0 Å². The Bertz CT molecular complexity index is 705. The molecule has 0 aromatic heterocycles. The molecule has 2 rings (SSSR count). The van der Waals surface area contributed by atoms with Gasteiger partial charge < -0.3 is 15.7 Å². The lowest BCUT2D eigenvalue weighted by atomic mass is 10.1. The number of nitrogens with one attached hydrogen (secondary N) is 2. The summed E-state index contributed by atoms with van der Waals surface area (Å²) in [5.41, 5.74) is 0.815. The predicted molar refractivity (Wildman–Crippen MR) is 84.5 cm³/mol. The van der Waals surface area contributed by atoms with Crippen molar-refractivity contribution in [3.05, 3.63) is 64.2 Å². The third-order valence-electron chi connectivity index (χ3n) is 3.16. The highest BCUT2D eigenvalue weighted by atomic mass is 35.5. The average molecular weight is 341 g/mol. The number of carbonyl (C=O) groups is 1. The van der Waals surface area contributed by atoms with E-state index in [9.17, 15) is 18.7 Å². The maximum Gasteiger partial charge on any atom is 0.319 e. The molecule has 0 heterocycles. The summed E-state index contributed by atoms with van der Waals surface area (Å²) in [7, 11) is 0. The molecule has 1 atom stereocenters. The molecule has 4 nitrogen and oxygen atoms in total. The second-order valence-corrected chi connectivity index (χ2v) is 5.38. The van der Waals surface area contributed by atoms with Gasteiger partial charge in [-0.2, -0.15) is 0 Å². The Hall–Kier alpha value is -2.18. The fourth-order valence-corrected chi connectivity index (χ4v) is 2.19. The minimum absolute atomic E-state index is 0.353. The lowest BCUT2D eigenvalue weighted by molar-refractivity contribution is 0.166. The molecule has 0 bridgehead atoms. The number of anilines is 1. The van der Waals surface area contributed by atoms with Crippen LogP contribution >= 0.6 is 11.6 Å². The third kappa shape index (κ3) is 4.40. The zero-order chi connectivity index (χ0) is 17.0. The van der Waals surface area contributed by atoms with Crippen molar-refractivity contribution in [1.82, 2.24) is 5.32 Å². The first kappa shape index (κ1) is 17.2. The van der Waals surface area contributed by atoms with Gasteiger partial charge in [-0.3, -0.25) is 0 Å². The Labute approximate surface area is 137 Å². The number of aliphatic hydroxyl groups is 1. The molecule has 0 aliphatic carbocycles. The summed E-state index contributed by atoms with van der Waals surface area (Å²) in [6, 6.07) is 7.72.